The van der Waals surface area contributed by atoms with Gasteiger partial charge in [0.25, 0.3) is 0 Å². The summed E-state index contributed by atoms with van der Waals surface area (Å²) in [4.78, 5) is 13.3. The van der Waals surface area contributed by atoms with Gasteiger partial charge in [-0.25, -0.2) is 0 Å². The molecule has 0 saturated carbocycles. The molecule has 160 valence electrons. The average Bonchev–Trinajstić information content (AvgIpc) is 3.48. The molecule has 0 amide bonds. The number of aliphatic hydroxyl groups excluding tert-OH is 1. The highest BCUT2D eigenvalue weighted by Gasteiger charge is 2.70. The number of fused-ring (bicyclic) bond motifs is 5. The third-order valence-electron chi connectivity index (χ3n) is 7.19. The minimum atomic E-state index is -0.949. The van der Waals surface area contributed by atoms with E-state index in [1.165, 1.54) is 0 Å². The SMILES string of the molecule is C[N+]1(C)[C@@H]2CC(OC(=O)[C@@H](c3ccccc3)C(O)c3ccccc3)C[C@H]1[C@H]1O[C@H]12.[Br-]. The Kier molecular flexibility index (Phi) is 5.79. The Bertz CT molecular complexity index is 871. The van der Waals surface area contributed by atoms with Gasteiger partial charge in [0.2, 0.25) is 0 Å². The zero-order valence-corrected chi connectivity index (χ0v) is 18.8. The Morgan fingerprint density at radius 1 is 0.967 bits per heavy atom. The van der Waals surface area contributed by atoms with Crippen LogP contribution in [0.15, 0.2) is 60.7 Å². The highest BCUT2D eigenvalue weighted by atomic mass is 79.9. The van der Waals surface area contributed by atoms with E-state index in [1.807, 2.05) is 60.7 Å². The second kappa shape index (κ2) is 8.08. The summed E-state index contributed by atoms with van der Waals surface area (Å²) in [7, 11) is 4.52. The van der Waals surface area contributed by atoms with Crippen molar-refractivity contribution in [3.63, 3.8) is 0 Å². The van der Waals surface area contributed by atoms with Gasteiger partial charge in [0.1, 0.15) is 36.3 Å². The summed E-state index contributed by atoms with van der Waals surface area (Å²) in [5.41, 5.74) is 1.49. The zero-order chi connectivity index (χ0) is 20.2. The van der Waals surface area contributed by atoms with Gasteiger partial charge in [-0.2, -0.15) is 0 Å². The van der Waals surface area contributed by atoms with Gasteiger partial charge in [-0.15, -0.1) is 0 Å². The lowest BCUT2D eigenvalue weighted by Crippen LogP contribution is -3.00. The summed E-state index contributed by atoms with van der Waals surface area (Å²) in [6, 6.07) is 19.5. The predicted octanol–water partition coefficient (Wildman–Crippen LogP) is -0.192. The number of nitrogens with zero attached hydrogens (tertiary/aromatic N) is 1. The van der Waals surface area contributed by atoms with Crippen LogP contribution in [-0.4, -0.2) is 60.0 Å². The number of carbonyl (C=O) groups excluding carboxylic acids is 1. The van der Waals surface area contributed by atoms with Crippen LogP contribution in [0.2, 0.25) is 0 Å². The number of benzene rings is 2. The summed E-state index contributed by atoms with van der Waals surface area (Å²) in [6.07, 6.45) is 1.21. The number of aliphatic hydroxyl groups is 1. The number of esters is 1. The number of hydrogen-bond donors (Lipinski definition) is 1. The van der Waals surface area contributed by atoms with E-state index in [1.54, 1.807) is 0 Å². The van der Waals surface area contributed by atoms with Crippen molar-refractivity contribution in [2.75, 3.05) is 14.1 Å². The van der Waals surface area contributed by atoms with E-state index >= 15 is 0 Å². The van der Waals surface area contributed by atoms with E-state index in [-0.39, 0.29) is 29.1 Å². The molecule has 2 aromatic carbocycles. The lowest BCUT2D eigenvalue weighted by molar-refractivity contribution is -0.938. The van der Waals surface area contributed by atoms with Gasteiger partial charge < -0.3 is 36.0 Å². The first-order valence-electron chi connectivity index (χ1n) is 10.4. The van der Waals surface area contributed by atoms with Crippen LogP contribution < -0.4 is 17.0 Å². The van der Waals surface area contributed by atoms with Crippen molar-refractivity contribution in [1.29, 1.82) is 0 Å². The van der Waals surface area contributed by atoms with E-state index in [4.69, 9.17) is 9.47 Å². The van der Waals surface area contributed by atoms with Crippen LogP contribution in [0.1, 0.15) is 36.0 Å². The Morgan fingerprint density at radius 2 is 1.47 bits per heavy atom. The van der Waals surface area contributed by atoms with Gasteiger partial charge in [0, 0.05) is 12.8 Å². The Labute approximate surface area is 188 Å². The molecule has 1 N–H and O–H groups in total. The molecule has 0 aromatic heterocycles. The van der Waals surface area contributed by atoms with Gasteiger partial charge in [0.05, 0.1) is 20.2 Å². The molecule has 3 saturated heterocycles. The second-order valence-electron chi connectivity index (χ2n) is 9.10. The monoisotopic (exact) mass is 473 g/mol. The highest BCUT2D eigenvalue weighted by molar-refractivity contribution is 5.79. The first-order valence-corrected chi connectivity index (χ1v) is 10.4. The summed E-state index contributed by atoms with van der Waals surface area (Å²) in [6.45, 7) is 0. The van der Waals surface area contributed by atoms with Crippen molar-refractivity contribution < 1.29 is 40.8 Å². The first-order chi connectivity index (χ1) is 14.0. The second-order valence-corrected chi connectivity index (χ2v) is 9.10. The first kappa shape index (κ1) is 21.5. The topological polar surface area (TPSA) is 59.1 Å². The van der Waals surface area contributed by atoms with E-state index in [0.29, 0.717) is 24.3 Å². The predicted molar refractivity (Wildman–Crippen MR) is 108 cm³/mol. The molecule has 6 heteroatoms. The van der Waals surface area contributed by atoms with Crippen LogP contribution in [0.4, 0.5) is 0 Å². The minimum absolute atomic E-state index is 0. The molecule has 0 radical (unpaired) electrons. The molecule has 5 nitrogen and oxygen atoms in total. The molecule has 3 heterocycles. The summed E-state index contributed by atoms with van der Waals surface area (Å²) < 4.78 is 12.8. The lowest BCUT2D eigenvalue weighted by Gasteiger charge is -2.45. The van der Waals surface area contributed by atoms with Crippen molar-refractivity contribution >= 4 is 5.97 Å². The Hall–Kier alpha value is -1.73. The van der Waals surface area contributed by atoms with E-state index < -0.39 is 12.0 Å². The van der Waals surface area contributed by atoms with Crippen LogP contribution in [-0.2, 0) is 14.3 Å². The molecule has 2 bridgehead atoms. The van der Waals surface area contributed by atoms with Crippen molar-refractivity contribution in [2.45, 2.75) is 55.3 Å². The molecule has 30 heavy (non-hydrogen) atoms. The maximum Gasteiger partial charge on any atom is 0.316 e. The van der Waals surface area contributed by atoms with Crippen LogP contribution in [0.3, 0.4) is 0 Å². The molecule has 3 fully saturated rings. The Morgan fingerprint density at radius 3 is 2.00 bits per heavy atom. The average molecular weight is 474 g/mol. The molecule has 3 aliphatic heterocycles. The fourth-order valence-corrected chi connectivity index (χ4v) is 5.49. The number of halogens is 1. The number of rotatable bonds is 5. The number of epoxide rings is 1. The van der Waals surface area contributed by atoms with Crippen molar-refractivity contribution in [2.24, 2.45) is 0 Å². The number of quaternary nitrogens is 1. The number of ether oxygens (including phenoxy) is 2. The summed E-state index contributed by atoms with van der Waals surface area (Å²) in [5.74, 6) is -1.09. The molecule has 0 aliphatic carbocycles. The number of morpholine rings is 1. The van der Waals surface area contributed by atoms with E-state index in [9.17, 15) is 9.90 Å². The van der Waals surface area contributed by atoms with Gasteiger partial charge >= 0.3 is 5.97 Å². The van der Waals surface area contributed by atoms with Gasteiger partial charge in [0.15, 0.2) is 0 Å². The third kappa shape index (κ3) is 3.60. The fraction of sp³-hybridized carbons (Fsp3) is 0.458. The smallest absolute Gasteiger partial charge is 0.316 e. The maximum absolute atomic E-state index is 13.3. The summed E-state index contributed by atoms with van der Waals surface area (Å²) >= 11 is 0. The normalized spacial score (nSPS) is 32.3. The van der Waals surface area contributed by atoms with Crippen LogP contribution >= 0.6 is 0 Å². The highest BCUT2D eigenvalue weighted by Crippen LogP contribution is 2.51. The van der Waals surface area contributed by atoms with Gasteiger partial charge in [-0.3, -0.25) is 4.79 Å². The van der Waals surface area contributed by atoms with Gasteiger partial charge in [-0.1, -0.05) is 60.7 Å². The van der Waals surface area contributed by atoms with E-state index in [0.717, 1.165) is 28.5 Å². The summed E-state index contributed by atoms with van der Waals surface area (Å²) in [5, 5.41) is 11.1. The van der Waals surface area contributed by atoms with Crippen molar-refractivity contribution in [3.05, 3.63) is 71.8 Å². The number of piperidine rings is 1. The molecule has 0 spiro atoms. The van der Waals surface area contributed by atoms with Crippen LogP contribution in [0.25, 0.3) is 0 Å². The van der Waals surface area contributed by atoms with Crippen molar-refractivity contribution in [3.8, 4) is 0 Å². The molecule has 3 aliphatic rings. The number of hydrogen-bond acceptors (Lipinski definition) is 4. The molecular formula is C24H28BrNO4. The van der Waals surface area contributed by atoms with Crippen molar-refractivity contribution in [1.82, 2.24) is 0 Å². The van der Waals surface area contributed by atoms with Crippen LogP contribution in [0.5, 0.6) is 0 Å². The Balaban J connectivity index is 0.00000218. The molecule has 2 unspecified atom stereocenters. The van der Waals surface area contributed by atoms with Gasteiger partial charge in [-0.05, 0) is 11.1 Å². The fourth-order valence-electron chi connectivity index (χ4n) is 5.49. The standard InChI is InChI=1S/C24H28NO4.BrH/c1-25(2)18-13-17(14-19(25)23-22(18)29-23)28-24(27)20(15-9-5-3-6-10-15)21(26)16-11-7-4-8-12-16;/h3-12,17-23,26H,13-14H2,1-2H3;1H/q+1;/p-1/t17?,18-,19+,20-,21?,22+,23-;/m0./s1. The number of carbonyl (C=O) groups is 1. The lowest BCUT2D eigenvalue weighted by atomic mass is 9.89. The largest absolute Gasteiger partial charge is 1.00 e. The quantitative estimate of drug-likeness (QED) is 0.371. The third-order valence-corrected chi connectivity index (χ3v) is 7.19. The molecule has 5 rings (SSSR count). The molecular weight excluding hydrogens is 446 g/mol. The molecule has 2 aromatic rings. The van der Waals surface area contributed by atoms with E-state index in [2.05, 4.69) is 14.1 Å². The maximum atomic E-state index is 13.3. The zero-order valence-electron chi connectivity index (χ0n) is 17.2. The number of likely N-dealkylation sites (N-methyl/N-ethyl adjacent to an activating group) is 1. The minimum Gasteiger partial charge on any atom is -1.00 e. The van der Waals surface area contributed by atoms with Crippen LogP contribution in [0, 0.1) is 0 Å². The molecule has 7 atom stereocenters.